The van der Waals surface area contributed by atoms with Crippen LogP contribution in [-0.4, -0.2) is 6.36 Å². The molecule has 0 bridgehead atoms. The molecule has 2 aliphatic carbocycles. The summed E-state index contributed by atoms with van der Waals surface area (Å²) in [6.45, 7) is 6.03. The first-order chi connectivity index (χ1) is 14.4. The maximum Gasteiger partial charge on any atom is 0.573 e. The first-order valence-corrected chi connectivity index (χ1v) is 11.5. The van der Waals surface area contributed by atoms with Crippen molar-refractivity contribution in [3.05, 3.63) is 54.6 Å². The predicted octanol–water partition coefficient (Wildman–Crippen LogP) is 8.43. The SMILES string of the molecule is C=CCC(c1ccc(OC(F)(F)F)cc1)C1CCC(C2CCC(/C=C/C)CC2)CC1. The van der Waals surface area contributed by atoms with E-state index in [0.717, 1.165) is 29.7 Å². The summed E-state index contributed by atoms with van der Waals surface area (Å²) in [6, 6.07) is 6.47. The van der Waals surface area contributed by atoms with E-state index < -0.39 is 6.36 Å². The third kappa shape index (κ3) is 6.39. The maximum atomic E-state index is 12.4. The van der Waals surface area contributed by atoms with Crippen LogP contribution in [0.1, 0.15) is 76.2 Å². The van der Waals surface area contributed by atoms with Gasteiger partial charge in [0.1, 0.15) is 5.75 Å². The molecule has 0 N–H and O–H groups in total. The first-order valence-electron chi connectivity index (χ1n) is 11.5. The van der Waals surface area contributed by atoms with Gasteiger partial charge in [-0.15, -0.1) is 19.8 Å². The molecule has 1 unspecified atom stereocenters. The van der Waals surface area contributed by atoms with Gasteiger partial charge in [-0.05, 0) is 112 Å². The molecule has 166 valence electrons. The summed E-state index contributed by atoms with van der Waals surface area (Å²) in [5, 5.41) is 0. The molecular formula is C26H35F3O. The van der Waals surface area contributed by atoms with Crippen molar-refractivity contribution in [1.29, 1.82) is 0 Å². The van der Waals surface area contributed by atoms with Gasteiger partial charge in [-0.2, -0.15) is 0 Å². The number of rotatable bonds is 7. The van der Waals surface area contributed by atoms with E-state index in [4.69, 9.17) is 0 Å². The zero-order chi connectivity index (χ0) is 21.6. The number of halogens is 3. The summed E-state index contributed by atoms with van der Waals surface area (Å²) >= 11 is 0. The second kappa shape index (κ2) is 10.5. The molecule has 0 radical (unpaired) electrons. The lowest BCUT2D eigenvalue weighted by Crippen LogP contribution is -2.27. The van der Waals surface area contributed by atoms with Crippen LogP contribution in [0.15, 0.2) is 49.1 Å². The van der Waals surface area contributed by atoms with Crippen LogP contribution in [0.25, 0.3) is 0 Å². The molecule has 30 heavy (non-hydrogen) atoms. The number of ether oxygens (including phenoxy) is 1. The fourth-order valence-electron chi connectivity index (χ4n) is 5.80. The van der Waals surface area contributed by atoms with Crippen LogP contribution in [0.3, 0.4) is 0 Å². The number of benzene rings is 1. The lowest BCUT2D eigenvalue weighted by molar-refractivity contribution is -0.274. The zero-order valence-corrected chi connectivity index (χ0v) is 18.0. The van der Waals surface area contributed by atoms with Crippen LogP contribution in [0.5, 0.6) is 5.75 Å². The Hall–Kier alpha value is -1.71. The average Bonchev–Trinajstić information content (AvgIpc) is 2.73. The molecule has 0 spiro atoms. The highest BCUT2D eigenvalue weighted by atomic mass is 19.4. The van der Waals surface area contributed by atoms with Crippen LogP contribution < -0.4 is 4.74 Å². The molecule has 1 aromatic carbocycles. The average molecular weight is 421 g/mol. The number of allylic oxidation sites excluding steroid dienone is 3. The molecule has 0 heterocycles. The Morgan fingerprint density at radius 1 is 0.967 bits per heavy atom. The predicted molar refractivity (Wildman–Crippen MR) is 116 cm³/mol. The quantitative estimate of drug-likeness (QED) is 0.402. The Bertz CT molecular complexity index is 675. The van der Waals surface area contributed by atoms with Gasteiger partial charge in [0.25, 0.3) is 0 Å². The largest absolute Gasteiger partial charge is 0.573 e. The maximum absolute atomic E-state index is 12.4. The lowest BCUT2D eigenvalue weighted by Gasteiger charge is -2.39. The molecule has 0 saturated heterocycles. The van der Waals surface area contributed by atoms with Gasteiger partial charge < -0.3 is 4.74 Å². The van der Waals surface area contributed by atoms with E-state index in [1.54, 1.807) is 12.1 Å². The van der Waals surface area contributed by atoms with Gasteiger partial charge in [-0.1, -0.05) is 30.4 Å². The Kier molecular flexibility index (Phi) is 8.07. The van der Waals surface area contributed by atoms with Gasteiger partial charge in [0.15, 0.2) is 0 Å². The fourth-order valence-corrected chi connectivity index (χ4v) is 5.80. The van der Waals surface area contributed by atoms with Crippen LogP contribution >= 0.6 is 0 Å². The number of hydrogen-bond donors (Lipinski definition) is 0. The second-order valence-electron chi connectivity index (χ2n) is 9.12. The molecule has 1 nitrogen and oxygen atoms in total. The Morgan fingerprint density at radius 3 is 2.03 bits per heavy atom. The normalized spacial score (nSPS) is 28.9. The third-order valence-electron chi connectivity index (χ3n) is 7.30. The van der Waals surface area contributed by atoms with Crippen molar-refractivity contribution in [2.75, 3.05) is 0 Å². The van der Waals surface area contributed by atoms with Crippen molar-refractivity contribution in [1.82, 2.24) is 0 Å². The zero-order valence-electron chi connectivity index (χ0n) is 18.0. The highest BCUT2D eigenvalue weighted by molar-refractivity contribution is 5.30. The van der Waals surface area contributed by atoms with Crippen molar-refractivity contribution < 1.29 is 17.9 Å². The number of alkyl halides is 3. The monoisotopic (exact) mass is 420 g/mol. The van der Waals surface area contributed by atoms with Crippen LogP contribution in [0, 0.1) is 23.7 Å². The molecule has 2 fully saturated rings. The third-order valence-corrected chi connectivity index (χ3v) is 7.30. The van der Waals surface area contributed by atoms with E-state index in [9.17, 15) is 13.2 Å². The smallest absolute Gasteiger partial charge is 0.406 e. The summed E-state index contributed by atoms with van der Waals surface area (Å²) < 4.78 is 41.3. The molecule has 0 aromatic heterocycles. The van der Waals surface area contributed by atoms with Crippen molar-refractivity contribution >= 4 is 0 Å². The summed E-state index contributed by atoms with van der Waals surface area (Å²) in [5.74, 6) is 3.26. The topological polar surface area (TPSA) is 9.23 Å². The summed E-state index contributed by atoms with van der Waals surface area (Å²) in [4.78, 5) is 0. The molecule has 2 aliphatic rings. The van der Waals surface area contributed by atoms with Gasteiger partial charge in [0.2, 0.25) is 0 Å². The Labute approximate surface area is 179 Å². The van der Waals surface area contributed by atoms with Crippen molar-refractivity contribution in [3.63, 3.8) is 0 Å². The summed E-state index contributed by atoms with van der Waals surface area (Å²) in [5.41, 5.74) is 1.10. The standard InChI is InChI=1S/C26H35F3O/c1-3-5-19-7-9-20(10-8-19)21-11-13-22(14-12-21)25(6-4-2)23-15-17-24(18-16-23)30-26(27,28)29/h3-5,15-22,25H,2,6-14H2,1H3/b5-3+. The van der Waals surface area contributed by atoms with Gasteiger partial charge in [-0.3, -0.25) is 0 Å². The Balaban J connectivity index is 1.56. The second-order valence-corrected chi connectivity index (χ2v) is 9.12. The van der Waals surface area contributed by atoms with Crippen molar-refractivity contribution in [2.24, 2.45) is 23.7 Å². The molecule has 0 amide bonds. The van der Waals surface area contributed by atoms with E-state index in [1.807, 2.05) is 6.08 Å². The minimum atomic E-state index is -4.65. The Morgan fingerprint density at radius 2 is 1.53 bits per heavy atom. The number of hydrogen-bond acceptors (Lipinski definition) is 1. The molecule has 1 atom stereocenters. The van der Waals surface area contributed by atoms with Crippen molar-refractivity contribution in [3.8, 4) is 5.75 Å². The van der Waals surface area contributed by atoms with Crippen molar-refractivity contribution in [2.45, 2.75) is 77.0 Å². The first kappa shape index (κ1) is 23.0. The fraction of sp³-hybridized carbons (Fsp3) is 0.615. The minimum Gasteiger partial charge on any atom is -0.406 e. The lowest BCUT2D eigenvalue weighted by atomic mass is 9.66. The van der Waals surface area contributed by atoms with Gasteiger partial charge >= 0.3 is 6.36 Å². The molecule has 1 aromatic rings. The van der Waals surface area contributed by atoms with Gasteiger partial charge in [0, 0.05) is 0 Å². The molecule has 4 heteroatoms. The van der Waals surface area contributed by atoms with E-state index >= 15 is 0 Å². The van der Waals surface area contributed by atoms with E-state index in [-0.39, 0.29) is 5.75 Å². The highest BCUT2D eigenvalue weighted by Gasteiger charge is 2.34. The van der Waals surface area contributed by atoms with E-state index in [1.165, 1.54) is 63.5 Å². The minimum absolute atomic E-state index is 0.152. The van der Waals surface area contributed by atoms with E-state index in [0.29, 0.717) is 11.8 Å². The van der Waals surface area contributed by atoms with Crippen LogP contribution in [0.2, 0.25) is 0 Å². The molecule has 3 rings (SSSR count). The van der Waals surface area contributed by atoms with Crippen LogP contribution in [0.4, 0.5) is 13.2 Å². The van der Waals surface area contributed by atoms with Crippen LogP contribution in [-0.2, 0) is 0 Å². The molecule has 2 saturated carbocycles. The van der Waals surface area contributed by atoms with Gasteiger partial charge in [0.05, 0.1) is 0 Å². The molecular weight excluding hydrogens is 385 g/mol. The molecule has 0 aliphatic heterocycles. The van der Waals surface area contributed by atoms with Gasteiger partial charge in [-0.25, -0.2) is 0 Å². The highest BCUT2D eigenvalue weighted by Crippen LogP contribution is 2.46. The summed E-state index contributed by atoms with van der Waals surface area (Å²) in [7, 11) is 0. The van der Waals surface area contributed by atoms with E-state index in [2.05, 4.69) is 30.4 Å². The summed E-state index contributed by atoms with van der Waals surface area (Å²) in [6.07, 6.45) is 13.1.